The Labute approximate surface area is 112 Å². The zero-order valence-electron chi connectivity index (χ0n) is 9.75. The first kappa shape index (κ1) is 15.6. The van der Waals surface area contributed by atoms with Gasteiger partial charge >= 0.3 is 0 Å². The molecule has 0 fully saturated rings. The summed E-state index contributed by atoms with van der Waals surface area (Å²) in [4.78, 5) is 0.525. The zero-order chi connectivity index (χ0) is 14.6. The Balaban J connectivity index is 3.17. The van der Waals surface area contributed by atoms with Gasteiger partial charge in [0.1, 0.15) is 4.99 Å². The minimum atomic E-state index is -2.75. The van der Waals surface area contributed by atoms with Gasteiger partial charge in [0.25, 0.3) is 6.43 Å². The maximum Gasteiger partial charge on any atom is 0.255 e. The van der Waals surface area contributed by atoms with Crippen LogP contribution in [0.3, 0.4) is 0 Å². The zero-order valence-corrected chi connectivity index (χ0v) is 10.6. The van der Waals surface area contributed by atoms with Crippen molar-refractivity contribution in [2.45, 2.75) is 6.43 Å². The molecule has 106 valence electrons. The van der Waals surface area contributed by atoms with E-state index in [2.05, 4.69) is 12.2 Å². The first-order chi connectivity index (χ1) is 8.88. The number of benzene rings is 1. The van der Waals surface area contributed by atoms with Crippen LogP contribution in [0, 0.1) is 11.6 Å². The molecule has 0 saturated carbocycles. The highest BCUT2D eigenvalue weighted by atomic mass is 32.1. The van der Waals surface area contributed by atoms with E-state index in [9.17, 15) is 17.6 Å². The van der Waals surface area contributed by atoms with Gasteiger partial charge in [-0.2, -0.15) is 0 Å². The molecule has 19 heavy (non-hydrogen) atoms. The van der Waals surface area contributed by atoms with Gasteiger partial charge in [0.15, 0.2) is 11.6 Å². The molecule has 0 spiro atoms. The maximum absolute atomic E-state index is 13.8. The molecule has 8 heteroatoms. The Morgan fingerprint density at radius 2 is 1.95 bits per heavy atom. The smallest absolute Gasteiger partial charge is 0.255 e. The normalized spacial score (nSPS) is 10.8. The van der Waals surface area contributed by atoms with E-state index in [1.54, 1.807) is 0 Å². The van der Waals surface area contributed by atoms with Crippen molar-refractivity contribution in [3.63, 3.8) is 0 Å². The summed E-state index contributed by atoms with van der Waals surface area (Å²) in [7, 11) is 0. The van der Waals surface area contributed by atoms with Gasteiger partial charge in [0.05, 0.1) is 18.8 Å². The fraction of sp³-hybridized carbons (Fsp3) is 0.364. The van der Waals surface area contributed by atoms with Crippen LogP contribution in [0.2, 0.25) is 0 Å². The molecule has 0 aliphatic rings. The van der Waals surface area contributed by atoms with Crippen LogP contribution in [-0.2, 0) is 0 Å². The van der Waals surface area contributed by atoms with Crippen molar-refractivity contribution in [1.82, 2.24) is 0 Å². The van der Waals surface area contributed by atoms with Crippen LogP contribution in [0.4, 0.5) is 23.2 Å². The van der Waals surface area contributed by atoms with Crippen LogP contribution in [0.5, 0.6) is 0 Å². The van der Waals surface area contributed by atoms with Crippen LogP contribution >= 0.6 is 12.2 Å². The van der Waals surface area contributed by atoms with Gasteiger partial charge in [-0.05, 0) is 12.1 Å². The van der Waals surface area contributed by atoms with Crippen molar-refractivity contribution in [3.05, 3.63) is 29.3 Å². The van der Waals surface area contributed by atoms with Gasteiger partial charge in [-0.25, -0.2) is 17.6 Å². The number of aliphatic hydroxyl groups excluding tert-OH is 1. The summed E-state index contributed by atoms with van der Waals surface area (Å²) in [5.74, 6) is -2.61. The standard InChI is InChI=1S/C11H12F4N2OS/c12-8(13)5-17(3-4-18)7-2-1-6(11(16)19)9(14)10(7)15/h1-2,8,18H,3-5H2,(H2,16,19). The van der Waals surface area contributed by atoms with Gasteiger partial charge in [-0.15, -0.1) is 0 Å². The number of rotatable bonds is 6. The number of thiocarbonyl (C=S) groups is 1. The molecule has 1 rings (SSSR count). The summed E-state index contributed by atoms with van der Waals surface area (Å²) in [5, 5.41) is 8.77. The first-order valence-electron chi connectivity index (χ1n) is 5.30. The van der Waals surface area contributed by atoms with E-state index in [0.717, 1.165) is 17.0 Å². The Bertz CT molecular complexity index is 470. The van der Waals surface area contributed by atoms with Gasteiger partial charge in [0.2, 0.25) is 0 Å². The molecule has 0 aliphatic carbocycles. The van der Waals surface area contributed by atoms with Crippen LogP contribution in [-0.4, -0.2) is 36.2 Å². The van der Waals surface area contributed by atoms with E-state index in [1.165, 1.54) is 0 Å². The molecular weight excluding hydrogens is 284 g/mol. The quantitative estimate of drug-likeness (QED) is 0.619. The SMILES string of the molecule is NC(=S)c1ccc(N(CCO)CC(F)F)c(F)c1F. The minimum absolute atomic E-state index is 0.243. The van der Waals surface area contributed by atoms with E-state index in [-0.39, 0.29) is 22.8 Å². The largest absolute Gasteiger partial charge is 0.395 e. The second-order valence-electron chi connectivity index (χ2n) is 3.69. The van der Waals surface area contributed by atoms with Gasteiger partial charge in [-0.1, -0.05) is 12.2 Å². The second-order valence-corrected chi connectivity index (χ2v) is 4.12. The van der Waals surface area contributed by atoms with Crippen molar-refractivity contribution < 1.29 is 22.7 Å². The van der Waals surface area contributed by atoms with Crippen molar-refractivity contribution in [1.29, 1.82) is 0 Å². The fourth-order valence-corrected chi connectivity index (χ4v) is 1.73. The first-order valence-corrected chi connectivity index (χ1v) is 5.71. The number of alkyl halides is 2. The Morgan fingerprint density at radius 1 is 1.32 bits per heavy atom. The third kappa shape index (κ3) is 3.77. The lowest BCUT2D eigenvalue weighted by molar-refractivity contribution is 0.152. The highest BCUT2D eigenvalue weighted by Gasteiger charge is 2.21. The summed E-state index contributed by atoms with van der Waals surface area (Å²) in [6, 6.07) is 2.22. The maximum atomic E-state index is 13.8. The highest BCUT2D eigenvalue weighted by molar-refractivity contribution is 7.80. The summed E-state index contributed by atoms with van der Waals surface area (Å²) in [6.45, 7) is -1.53. The van der Waals surface area contributed by atoms with Gasteiger partial charge < -0.3 is 15.7 Å². The van der Waals surface area contributed by atoms with E-state index in [0.29, 0.717) is 0 Å². The summed E-state index contributed by atoms with van der Waals surface area (Å²) < 4.78 is 52.1. The number of halogens is 4. The van der Waals surface area contributed by atoms with Crippen LogP contribution in [0.15, 0.2) is 12.1 Å². The van der Waals surface area contributed by atoms with Crippen LogP contribution < -0.4 is 10.6 Å². The molecule has 0 atom stereocenters. The van der Waals surface area contributed by atoms with Crippen molar-refractivity contribution in [2.75, 3.05) is 24.6 Å². The minimum Gasteiger partial charge on any atom is -0.395 e. The average Bonchev–Trinajstić information content (AvgIpc) is 2.31. The van der Waals surface area contributed by atoms with E-state index < -0.39 is 31.2 Å². The number of aliphatic hydroxyl groups is 1. The van der Waals surface area contributed by atoms with Gasteiger partial charge in [-0.3, -0.25) is 0 Å². The predicted octanol–water partition coefficient (Wildman–Crippen LogP) is 1.66. The number of hydrogen-bond donors (Lipinski definition) is 2. The van der Waals surface area contributed by atoms with E-state index in [1.807, 2.05) is 0 Å². The molecule has 0 bridgehead atoms. The predicted molar refractivity (Wildman–Crippen MR) is 67.5 cm³/mol. The molecule has 0 radical (unpaired) electrons. The molecule has 0 unspecified atom stereocenters. The molecule has 3 nitrogen and oxygen atoms in total. The van der Waals surface area contributed by atoms with Crippen molar-refractivity contribution in [2.24, 2.45) is 5.73 Å². The Hall–Kier alpha value is -1.41. The monoisotopic (exact) mass is 296 g/mol. The molecular formula is C11H12F4N2OS. The lowest BCUT2D eigenvalue weighted by atomic mass is 10.1. The average molecular weight is 296 g/mol. The highest BCUT2D eigenvalue weighted by Crippen LogP contribution is 2.24. The molecule has 0 saturated heterocycles. The summed E-state index contributed by atoms with van der Waals surface area (Å²) >= 11 is 4.54. The molecule has 1 aromatic rings. The number of anilines is 1. The molecule has 1 aromatic carbocycles. The number of nitrogens with zero attached hydrogens (tertiary/aromatic N) is 1. The van der Waals surface area contributed by atoms with Crippen molar-refractivity contribution >= 4 is 22.9 Å². The fourth-order valence-electron chi connectivity index (χ4n) is 1.57. The molecule has 0 heterocycles. The number of hydrogen-bond acceptors (Lipinski definition) is 3. The Kier molecular flexibility index (Phi) is 5.49. The summed E-state index contributed by atoms with van der Waals surface area (Å²) in [5.41, 5.74) is 4.54. The van der Waals surface area contributed by atoms with Crippen LogP contribution in [0.1, 0.15) is 5.56 Å². The topological polar surface area (TPSA) is 49.5 Å². The lowest BCUT2D eigenvalue weighted by Crippen LogP contribution is -2.32. The Morgan fingerprint density at radius 3 is 2.42 bits per heavy atom. The molecule has 0 amide bonds. The molecule has 0 aliphatic heterocycles. The van der Waals surface area contributed by atoms with E-state index in [4.69, 9.17) is 10.8 Å². The van der Waals surface area contributed by atoms with E-state index >= 15 is 0 Å². The number of nitrogens with two attached hydrogens (primary N) is 1. The molecule has 0 aromatic heterocycles. The van der Waals surface area contributed by atoms with Gasteiger partial charge in [0, 0.05) is 12.1 Å². The van der Waals surface area contributed by atoms with Crippen molar-refractivity contribution in [3.8, 4) is 0 Å². The second kappa shape index (κ2) is 6.67. The third-order valence-electron chi connectivity index (χ3n) is 2.40. The third-order valence-corrected chi connectivity index (χ3v) is 2.62. The molecule has 3 N–H and O–H groups in total. The summed E-state index contributed by atoms with van der Waals surface area (Å²) in [6.07, 6.45) is -2.75. The lowest BCUT2D eigenvalue weighted by Gasteiger charge is -2.24. The van der Waals surface area contributed by atoms with Crippen LogP contribution in [0.25, 0.3) is 0 Å².